The highest BCUT2D eigenvalue weighted by atomic mass is 16.6. The van der Waals surface area contributed by atoms with Gasteiger partial charge in [0.05, 0.1) is 11.8 Å². The Hall–Kier alpha value is -3.75. The third-order valence-electron chi connectivity index (χ3n) is 3.54. The summed E-state index contributed by atoms with van der Waals surface area (Å²) in [6, 6.07) is 8.16. The molecule has 1 aliphatic rings. The Kier molecular flexibility index (Phi) is 3.89. The van der Waals surface area contributed by atoms with Gasteiger partial charge in [0.1, 0.15) is 16.3 Å². The molecule has 0 aliphatic carbocycles. The minimum atomic E-state index is -0.904. The molecule has 1 aromatic carbocycles. The molecule has 2 aromatic rings. The van der Waals surface area contributed by atoms with E-state index in [0.717, 1.165) is 17.0 Å². The van der Waals surface area contributed by atoms with E-state index in [1.807, 2.05) is 0 Å². The minimum Gasteiger partial charge on any atom is -0.401 e. The van der Waals surface area contributed by atoms with Crippen molar-refractivity contribution in [1.82, 2.24) is 5.32 Å². The summed E-state index contributed by atoms with van der Waals surface area (Å²) in [7, 11) is 0. The number of rotatable bonds is 3. The number of furan rings is 1. The molecule has 1 aliphatic heterocycles. The average molecular weight is 341 g/mol. The number of nitro groups is 1. The zero-order chi connectivity index (χ0) is 18.1. The SMILES string of the molecule is Cc1ccccc1N1C(=O)NC(=O)C(=Cc2ccc([N+](=O)[O-])o2)C1=O. The Balaban J connectivity index is 2.02. The second kappa shape index (κ2) is 6.04. The maximum absolute atomic E-state index is 12.6. The van der Waals surface area contributed by atoms with Crippen LogP contribution in [0.5, 0.6) is 0 Å². The number of hydrogen-bond acceptors (Lipinski definition) is 6. The van der Waals surface area contributed by atoms with Gasteiger partial charge in [0.15, 0.2) is 0 Å². The number of nitrogens with zero attached hydrogens (tertiary/aromatic N) is 2. The van der Waals surface area contributed by atoms with E-state index >= 15 is 0 Å². The molecular weight excluding hydrogens is 330 g/mol. The quantitative estimate of drug-likeness (QED) is 0.395. The second-order valence-electron chi connectivity index (χ2n) is 5.18. The zero-order valence-electron chi connectivity index (χ0n) is 12.9. The molecule has 25 heavy (non-hydrogen) atoms. The molecule has 1 aromatic heterocycles. The van der Waals surface area contributed by atoms with Crippen LogP contribution < -0.4 is 10.2 Å². The number of imide groups is 2. The number of barbiturate groups is 1. The predicted octanol–water partition coefficient (Wildman–Crippen LogP) is 2.16. The summed E-state index contributed by atoms with van der Waals surface area (Å²) in [5.41, 5.74) is 0.620. The van der Waals surface area contributed by atoms with Crippen molar-refractivity contribution < 1.29 is 23.7 Å². The van der Waals surface area contributed by atoms with Gasteiger partial charge in [0.2, 0.25) is 0 Å². The molecule has 1 N–H and O–H groups in total. The van der Waals surface area contributed by atoms with E-state index in [4.69, 9.17) is 4.42 Å². The smallest absolute Gasteiger partial charge is 0.401 e. The van der Waals surface area contributed by atoms with E-state index in [1.165, 1.54) is 6.07 Å². The van der Waals surface area contributed by atoms with E-state index in [2.05, 4.69) is 5.32 Å². The summed E-state index contributed by atoms with van der Waals surface area (Å²) < 4.78 is 4.92. The molecule has 0 unspecified atom stereocenters. The van der Waals surface area contributed by atoms with Crippen molar-refractivity contribution in [3.05, 3.63) is 63.4 Å². The van der Waals surface area contributed by atoms with Crippen LogP contribution >= 0.6 is 0 Å². The first-order chi connectivity index (χ1) is 11.9. The van der Waals surface area contributed by atoms with Crippen LogP contribution in [0.3, 0.4) is 0 Å². The number of carbonyl (C=O) groups excluding carboxylic acids is 3. The summed E-state index contributed by atoms with van der Waals surface area (Å²) in [6.07, 6.45) is 1.06. The lowest BCUT2D eigenvalue weighted by Gasteiger charge is -2.27. The number of hydrogen-bond donors (Lipinski definition) is 1. The van der Waals surface area contributed by atoms with Crippen molar-refractivity contribution in [3.63, 3.8) is 0 Å². The Bertz CT molecular complexity index is 943. The lowest BCUT2D eigenvalue weighted by Crippen LogP contribution is -2.54. The molecule has 0 atom stereocenters. The van der Waals surface area contributed by atoms with E-state index in [9.17, 15) is 24.5 Å². The van der Waals surface area contributed by atoms with E-state index in [1.54, 1.807) is 31.2 Å². The number of urea groups is 1. The molecule has 2 heterocycles. The number of amides is 4. The molecule has 4 amide bonds. The Labute approximate surface area is 140 Å². The first-order valence-electron chi connectivity index (χ1n) is 7.10. The summed E-state index contributed by atoms with van der Waals surface area (Å²) >= 11 is 0. The molecule has 0 bridgehead atoms. The third-order valence-corrected chi connectivity index (χ3v) is 3.54. The number of para-hydroxylation sites is 1. The lowest BCUT2D eigenvalue weighted by molar-refractivity contribution is -0.402. The van der Waals surface area contributed by atoms with Crippen LogP contribution in [-0.4, -0.2) is 22.8 Å². The van der Waals surface area contributed by atoms with Crippen molar-refractivity contribution in [2.45, 2.75) is 6.92 Å². The molecule has 1 saturated heterocycles. The second-order valence-corrected chi connectivity index (χ2v) is 5.18. The van der Waals surface area contributed by atoms with Crippen LogP contribution in [0, 0.1) is 17.0 Å². The van der Waals surface area contributed by atoms with Gasteiger partial charge in [-0.05, 0) is 30.7 Å². The lowest BCUT2D eigenvalue weighted by atomic mass is 10.1. The number of benzene rings is 1. The van der Waals surface area contributed by atoms with Gasteiger partial charge in [-0.1, -0.05) is 18.2 Å². The van der Waals surface area contributed by atoms with Gasteiger partial charge < -0.3 is 4.42 Å². The number of anilines is 1. The highest BCUT2D eigenvalue weighted by Gasteiger charge is 2.37. The van der Waals surface area contributed by atoms with Crippen molar-refractivity contribution >= 4 is 35.5 Å². The molecule has 126 valence electrons. The number of aryl methyl sites for hydroxylation is 1. The fraction of sp³-hybridized carbons (Fsp3) is 0.0625. The first kappa shape index (κ1) is 16.1. The summed E-state index contributed by atoms with van der Waals surface area (Å²) in [5, 5.41) is 12.7. The standard InChI is InChI=1S/C16H11N3O6/c1-9-4-2-3-5-12(9)18-15(21)11(14(20)17-16(18)22)8-10-6-7-13(25-10)19(23)24/h2-8H,1H3,(H,17,20,22). The maximum Gasteiger partial charge on any atom is 0.433 e. The van der Waals surface area contributed by atoms with Gasteiger partial charge >= 0.3 is 11.9 Å². The van der Waals surface area contributed by atoms with Gasteiger partial charge in [-0.15, -0.1) is 0 Å². The fourth-order valence-electron chi connectivity index (χ4n) is 2.35. The highest BCUT2D eigenvalue weighted by molar-refractivity contribution is 6.39. The van der Waals surface area contributed by atoms with Crippen LogP contribution in [-0.2, 0) is 9.59 Å². The van der Waals surface area contributed by atoms with Crippen molar-refractivity contribution in [2.75, 3.05) is 4.90 Å². The fourth-order valence-corrected chi connectivity index (χ4v) is 2.35. The van der Waals surface area contributed by atoms with Crippen LogP contribution in [0.15, 0.2) is 46.4 Å². The molecule has 9 nitrogen and oxygen atoms in total. The van der Waals surface area contributed by atoms with Crippen LogP contribution in [0.2, 0.25) is 0 Å². The van der Waals surface area contributed by atoms with Crippen LogP contribution in [0.25, 0.3) is 6.08 Å². The molecule has 0 radical (unpaired) electrons. The van der Waals surface area contributed by atoms with Crippen molar-refractivity contribution in [2.24, 2.45) is 0 Å². The topological polar surface area (TPSA) is 123 Å². The number of nitrogens with one attached hydrogen (secondary N) is 1. The highest BCUT2D eigenvalue weighted by Crippen LogP contribution is 2.25. The minimum absolute atomic E-state index is 0.0516. The van der Waals surface area contributed by atoms with Gasteiger partial charge in [0, 0.05) is 0 Å². The van der Waals surface area contributed by atoms with Gasteiger partial charge in [-0.25, -0.2) is 9.69 Å². The molecule has 0 saturated carbocycles. The van der Waals surface area contributed by atoms with E-state index in [0.29, 0.717) is 11.3 Å². The summed E-state index contributed by atoms with van der Waals surface area (Å²) in [4.78, 5) is 47.5. The van der Waals surface area contributed by atoms with Crippen LogP contribution in [0.4, 0.5) is 16.4 Å². The van der Waals surface area contributed by atoms with E-state index < -0.39 is 28.7 Å². The van der Waals surface area contributed by atoms with Crippen molar-refractivity contribution in [1.29, 1.82) is 0 Å². The zero-order valence-corrected chi connectivity index (χ0v) is 12.9. The van der Waals surface area contributed by atoms with Crippen molar-refractivity contribution in [3.8, 4) is 0 Å². The maximum atomic E-state index is 12.6. The van der Waals surface area contributed by atoms with Gasteiger partial charge in [0.25, 0.3) is 11.8 Å². The van der Waals surface area contributed by atoms with Gasteiger partial charge in [-0.2, -0.15) is 0 Å². The molecule has 3 rings (SSSR count). The molecule has 1 fully saturated rings. The monoisotopic (exact) mass is 341 g/mol. The first-order valence-corrected chi connectivity index (χ1v) is 7.10. The van der Waals surface area contributed by atoms with E-state index in [-0.39, 0.29) is 11.3 Å². The third kappa shape index (κ3) is 2.90. The molecule has 9 heteroatoms. The normalized spacial score (nSPS) is 16.3. The summed E-state index contributed by atoms with van der Waals surface area (Å²) in [5.74, 6) is -2.33. The number of carbonyl (C=O) groups is 3. The Morgan fingerprint density at radius 3 is 2.52 bits per heavy atom. The predicted molar refractivity (Wildman–Crippen MR) is 85.5 cm³/mol. The summed E-state index contributed by atoms with van der Waals surface area (Å²) in [6.45, 7) is 1.71. The van der Waals surface area contributed by atoms with Crippen LogP contribution in [0.1, 0.15) is 11.3 Å². The Morgan fingerprint density at radius 1 is 1.16 bits per heavy atom. The average Bonchev–Trinajstić information content (AvgIpc) is 3.02. The molecular formula is C16H11N3O6. The Morgan fingerprint density at radius 2 is 1.88 bits per heavy atom. The van der Waals surface area contributed by atoms with Gasteiger partial charge in [-0.3, -0.25) is 25.0 Å². The molecule has 0 spiro atoms. The largest absolute Gasteiger partial charge is 0.433 e.